The van der Waals surface area contributed by atoms with Gasteiger partial charge in [0.25, 0.3) is 5.91 Å². The van der Waals surface area contributed by atoms with Gasteiger partial charge in [-0.2, -0.15) is 0 Å². The lowest BCUT2D eigenvalue weighted by Crippen LogP contribution is -2.27. The van der Waals surface area contributed by atoms with Crippen molar-refractivity contribution in [2.75, 3.05) is 19.0 Å². The number of rotatable bonds is 3. The van der Waals surface area contributed by atoms with Gasteiger partial charge in [-0.25, -0.2) is 4.98 Å². The molecule has 0 spiro atoms. The van der Waals surface area contributed by atoms with Crippen LogP contribution in [0.25, 0.3) is 10.2 Å². The molecule has 4 rings (SSSR count). The molecule has 3 heterocycles. The minimum atomic E-state index is -0.0189. The molecule has 0 bridgehead atoms. The van der Waals surface area contributed by atoms with Crippen molar-refractivity contribution in [3.63, 3.8) is 0 Å². The van der Waals surface area contributed by atoms with Gasteiger partial charge in [-0.15, -0.1) is 11.3 Å². The molecule has 1 aliphatic heterocycles. The van der Waals surface area contributed by atoms with Crippen molar-refractivity contribution in [1.82, 2.24) is 9.88 Å². The van der Waals surface area contributed by atoms with Crippen LogP contribution in [0, 0.1) is 6.92 Å². The molecule has 28 heavy (non-hydrogen) atoms. The first kappa shape index (κ1) is 18.6. The lowest BCUT2D eigenvalue weighted by molar-refractivity contribution is 0.0885. The fourth-order valence-electron chi connectivity index (χ4n) is 3.59. The predicted octanol–water partition coefficient (Wildman–Crippen LogP) is 4.84. The Balaban J connectivity index is 1.83. The second-order valence-corrected chi connectivity index (χ2v) is 8.26. The number of fused-ring (bicyclic) bond motifs is 3. The zero-order valence-electron chi connectivity index (χ0n) is 16.7. The Morgan fingerprint density at radius 1 is 1.29 bits per heavy atom. The summed E-state index contributed by atoms with van der Waals surface area (Å²) in [6.07, 6.45) is 11.7. The number of aliphatic imine (C=N–C) groups is 1. The molecule has 0 saturated heterocycles. The highest BCUT2D eigenvalue weighted by molar-refractivity contribution is 7.20. The number of allylic oxidation sites excluding steroid dienone is 5. The molecular weight excluding hydrogens is 368 g/mol. The van der Waals surface area contributed by atoms with Crippen LogP contribution in [0.4, 0.5) is 5.69 Å². The first-order valence-corrected chi connectivity index (χ1v) is 10.3. The summed E-state index contributed by atoms with van der Waals surface area (Å²) in [5.74, 6) is -0.0189. The van der Waals surface area contributed by atoms with Crippen LogP contribution in [-0.2, 0) is 6.54 Å². The standard InChI is InChI=1S/C22H24N4OS/c1-5-15-7-6-8-16(10-9-15)26-13-23-12-17-19-18(25(3)4)11-14(2)24-21(19)28-20(17)22(26)27/h6-7,9-11,13H,5,8,12H2,1-4H3. The number of amides is 1. The maximum atomic E-state index is 13.5. The number of aryl methyl sites for hydroxylation is 1. The second kappa shape index (κ2) is 7.36. The van der Waals surface area contributed by atoms with Crippen LogP contribution in [0.2, 0.25) is 0 Å². The van der Waals surface area contributed by atoms with E-state index in [0.717, 1.165) is 44.2 Å². The van der Waals surface area contributed by atoms with Crippen molar-refractivity contribution < 1.29 is 4.79 Å². The molecule has 2 aromatic heterocycles. The van der Waals surface area contributed by atoms with Gasteiger partial charge in [0.05, 0.1) is 12.9 Å². The lowest BCUT2D eigenvalue weighted by atomic mass is 10.1. The van der Waals surface area contributed by atoms with Crippen LogP contribution >= 0.6 is 11.3 Å². The average Bonchev–Trinajstić information content (AvgIpc) is 2.80. The van der Waals surface area contributed by atoms with Crippen molar-refractivity contribution >= 4 is 39.5 Å². The van der Waals surface area contributed by atoms with E-state index in [4.69, 9.17) is 4.98 Å². The van der Waals surface area contributed by atoms with Crippen molar-refractivity contribution in [1.29, 1.82) is 0 Å². The average molecular weight is 393 g/mol. The maximum Gasteiger partial charge on any atom is 0.273 e. The molecule has 0 saturated carbocycles. The molecule has 144 valence electrons. The fraction of sp³-hybridized carbons (Fsp3) is 0.318. The van der Waals surface area contributed by atoms with E-state index in [2.05, 4.69) is 41.1 Å². The summed E-state index contributed by atoms with van der Waals surface area (Å²) in [7, 11) is 4.04. The third kappa shape index (κ3) is 3.18. The Morgan fingerprint density at radius 3 is 2.86 bits per heavy atom. The van der Waals surface area contributed by atoms with Gasteiger partial charge in [-0.05, 0) is 31.1 Å². The van der Waals surface area contributed by atoms with Crippen molar-refractivity contribution in [3.8, 4) is 0 Å². The zero-order valence-corrected chi connectivity index (χ0v) is 17.5. The van der Waals surface area contributed by atoms with E-state index in [1.165, 1.54) is 16.9 Å². The van der Waals surface area contributed by atoms with E-state index in [0.29, 0.717) is 13.0 Å². The van der Waals surface area contributed by atoms with Gasteiger partial charge in [-0.1, -0.05) is 25.2 Å². The number of thiophene rings is 1. The molecule has 0 atom stereocenters. The van der Waals surface area contributed by atoms with Crippen LogP contribution in [0.15, 0.2) is 46.6 Å². The molecular formula is C22H24N4OS. The summed E-state index contributed by atoms with van der Waals surface area (Å²) in [5, 5.41) is 1.05. The van der Waals surface area contributed by atoms with Crippen LogP contribution in [0.3, 0.4) is 0 Å². The number of anilines is 1. The summed E-state index contributed by atoms with van der Waals surface area (Å²) in [6.45, 7) is 4.61. The predicted molar refractivity (Wildman–Crippen MR) is 117 cm³/mol. The number of hydrogen-bond acceptors (Lipinski definition) is 5. The van der Waals surface area contributed by atoms with Gasteiger partial charge in [-0.3, -0.25) is 14.7 Å². The van der Waals surface area contributed by atoms with E-state index in [1.54, 1.807) is 11.2 Å². The minimum Gasteiger partial charge on any atom is -0.377 e. The van der Waals surface area contributed by atoms with Gasteiger partial charge in [0.15, 0.2) is 0 Å². The quantitative estimate of drug-likeness (QED) is 0.751. The highest BCUT2D eigenvalue weighted by atomic mass is 32.1. The minimum absolute atomic E-state index is 0.0189. The number of aromatic nitrogens is 1. The van der Waals surface area contributed by atoms with E-state index < -0.39 is 0 Å². The number of carbonyl (C=O) groups excluding carboxylic acids is 1. The second-order valence-electron chi connectivity index (χ2n) is 7.26. The zero-order chi connectivity index (χ0) is 19.8. The fourth-order valence-corrected chi connectivity index (χ4v) is 4.77. The molecule has 0 N–H and O–H groups in total. The summed E-state index contributed by atoms with van der Waals surface area (Å²) >= 11 is 1.48. The molecule has 1 aliphatic carbocycles. The molecule has 2 aliphatic rings. The Hall–Kier alpha value is -2.73. The van der Waals surface area contributed by atoms with Crippen molar-refractivity contribution in [2.24, 2.45) is 4.99 Å². The Kier molecular flexibility index (Phi) is 4.89. The molecule has 1 amide bonds. The number of carbonyl (C=O) groups is 1. The van der Waals surface area contributed by atoms with E-state index >= 15 is 0 Å². The number of pyridine rings is 1. The normalized spacial score (nSPS) is 16.6. The molecule has 0 radical (unpaired) electrons. The van der Waals surface area contributed by atoms with Crippen LogP contribution in [-0.4, -0.2) is 36.2 Å². The van der Waals surface area contributed by atoms with Crippen molar-refractivity contribution in [3.05, 3.63) is 57.8 Å². The largest absolute Gasteiger partial charge is 0.377 e. The summed E-state index contributed by atoms with van der Waals surface area (Å²) in [4.78, 5) is 28.2. The summed E-state index contributed by atoms with van der Waals surface area (Å²) in [6, 6.07) is 2.07. The smallest absolute Gasteiger partial charge is 0.273 e. The van der Waals surface area contributed by atoms with E-state index in [1.807, 2.05) is 27.1 Å². The van der Waals surface area contributed by atoms with Gasteiger partial charge >= 0.3 is 0 Å². The Morgan fingerprint density at radius 2 is 2.11 bits per heavy atom. The maximum absolute atomic E-state index is 13.5. The Bertz CT molecular complexity index is 1070. The highest BCUT2D eigenvalue weighted by Gasteiger charge is 2.28. The van der Waals surface area contributed by atoms with Gasteiger partial charge < -0.3 is 4.90 Å². The first-order valence-electron chi connectivity index (χ1n) is 9.49. The Labute approximate surface area is 169 Å². The molecule has 2 aromatic rings. The number of hydrogen-bond donors (Lipinski definition) is 0. The lowest BCUT2D eigenvalue weighted by Gasteiger charge is -2.18. The number of nitrogens with zero attached hydrogens (tertiary/aromatic N) is 4. The van der Waals surface area contributed by atoms with Gasteiger partial charge in [0.2, 0.25) is 0 Å². The third-order valence-corrected chi connectivity index (χ3v) is 6.19. The first-order chi connectivity index (χ1) is 13.5. The van der Waals surface area contributed by atoms with Crippen molar-refractivity contribution in [2.45, 2.75) is 33.2 Å². The summed E-state index contributed by atoms with van der Waals surface area (Å²) < 4.78 is 0. The van der Waals surface area contributed by atoms with Crippen LogP contribution in [0.5, 0.6) is 0 Å². The third-order valence-electron chi connectivity index (χ3n) is 5.08. The summed E-state index contributed by atoms with van der Waals surface area (Å²) in [5.41, 5.74) is 5.22. The highest BCUT2D eigenvalue weighted by Crippen LogP contribution is 2.39. The van der Waals surface area contributed by atoms with E-state index in [9.17, 15) is 4.79 Å². The molecule has 6 heteroatoms. The molecule has 0 unspecified atom stereocenters. The topological polar surface area (TPSA) is 48.8 Å². The van der Waals surface area contributed by atoms with Gasteiger partial charge in [0, 0.05) is 48.5 Å². The molecule has 0 fully saturated rings. The van der Waals surface area contributed by atoms with Crippen LogP contribution in [0.1, 0.15) is 40.7 Å². The van der Waals surface area contributed by atoms with Gasteiger partial charge in [0.1, 0.15) is 9.71 Å². The monoisotopic (exact) mass is 392 g/mol. The molecule has 0 aromatic carbocycles. The van der Waals surface area contributed by atoms with Crippen LogP contribution < -0.4 is 4.90 Å². The van der Waals surface area contributed by atoms with E-state index in [-0.39, 0.29) is 5.91 Å². The molecule has 5 nitrogen and oxygen atoms in total. The SMILES string of the molecule is CCC1=CC=C(N2C=NCc3c(sc4nc(C)cc(N(C)C)c34)C2=O)CC=C1.